The van der Waals surface area contributed by atoms with Crippen LogP contribution in [0.15, 0.2) is 47.6 Å². The van der Waals surface area contributed by atoms with E-state index < -0.39 is 0 Å². The predicted molar refractivity (Wildman–Crippen MR) is 124 cm³/mol. The van der Waals surface area contributed by atoms with E-state index in [2.05, 4.69) is 15.5 Å². The molecule has 8 nitrogen and oxygen atoms in total. The third-order valence-electron chi connectivity index (χ3n) is 5.21. The maximum Gasteiger partial charge on any atom is 0.230 e. The number of aromatic nitrogens is 3. The number of carbonyl (C=O) groups excluding carboxylic acids is 1. The standard InChI is InChI=1S/C23H26FN5O3S/c1-14(2)21(16-6-9-18-19(12-16)32-11-3-10-31-18)26-20(30)13-33-23-28-27-22(29(23)25)15-4-7-17(24)8-5-15/h4-9,12,14,21H,3,10-11,13,25H2,1-2H3,(H,26,30). The van der Waals surface area contributed by atoms with E-state index >= 15 is 0 Å². The summed E-state index contributed by atoms with van der Waals surface area (Å²) < 4.78 is 26.0. The number of ether oxygens (including phenoxy) is 2. The Labute approximate surface area is 195 Å². The van der Waals surface area contributed by atoms with Gasteiger partial charge in [0, 0.05) is 12.0 Å². The summed E-state index contributed by atoms with van der Waals surface area (Å²) in [6.07, 6.45) is 0.834. The van der Waals surface area contributed by atoms with Crippen LogP contribution in [0.2, 0.25) is 0 Å². The first-order chi connectivity index (χ1) is 15.9. The molecule has 0 aliphatic carbocycles. The molecule has 2 aromatic carbocycles. The molecule has 1 unspecified atom stereocenters. The highest BCUT2D eigenvalue weighted by Gasteiger charge is 2.22. The van der Waals surface area contributed by atoms with Gasteiger partial charge in [-0.3, -0.25) is 4.79 Å². The van der Waals surface area contributed by atoms with E-state index in [-0.39, 0.29) is 29.4 Å². The average Bonchev–Trinajstić information content (AvgIpc) is 3.01. The van der Waals surface area contributed by atoms with Gasteiger partial charge >= 0.3 is 0 Å². The quantitative estimate of drug-likeness (QED) is 0.401. The number of benzene rings is 2. The van der Waals surface area contributed by atoms with Crippen LogP contribution < -0.4 is 20.6 Å². The van der Waals surface area contributed by atoms with Crippen LogP contribution in [0, 0.1) is 11.7 Å². The first kappa shape index (κ1) is 22.9. The number of halogens is 1. The molecule has 0 saturated heterocycles. The van der Waals surface area contributed by atoms with E-state index in [4.69, 9.17) is 15.3 Å². The molecule has 1 amide bonds. The third kappa shape index (κ3) is 5.39. The van der Waals surface area contributed by atoms with E-state index in [9.17, 15) is 9.18 Å². The number of hydrogen-bond acceptors (Lipinski definition) is 7. The first-order valence-electron chi connectivity index (χ1n) is 10.7. The lowest BCUT2D eigenvalue weighted by molar-refractivity contribution is -0.119. The molecule has 1 atom stereocenters. The van der Waals surface area contributed by atoms with Crippen LogP contribution in [0.25, 0.3) is 11.4 Å². The number of fused-ring (bicyclic) bond motifs is 1. The van der Waals surface area contributed by atoms with E-state index in [1.165, 1.54) is 28.6 Å². The second-order valence-electron chi connectivity index (χ2n) is 8.02. The van der Waals surface area contributed by atoms with Gasteiger partial charge in [0.1, 0.15) is 5.82 Å². The Morgan fingerprint density at radius 2 is 1.88 bits per heavy atom. The predicted octanol–water partition coefficient (Wildman–Crippen LogP) is 3.56. The van der Waals surface area contributed by atoms with Crippen molar-refractivity contribution in [1.82, 2.24) is 20.2 Å². The zero-order valence-electron chi connectivity index (χ0n) is 18.5. The fraction of sp³-hybridized carbons (Fsp3) is 0.348. The van der Waals surface area contributed by atoms with Crippen LogP contribution in [0.4, 0.5) is 4.39 Å². The molecule has 0 radical (unpaired) electrons. The molecule has 0 spiro atoms. The van der Waals surface area contributed by atoms with Crippen LogP contribution in [0.1, 0.15) is 31.9 Å². The molecule has 1 aliphatic rings. The minimum atomic E-state index is -0.346. The number of nitrogens with one attached hydrogen (secondary N) is 1. The van der Waals surface area contributed by atoms with E-state index in [1.54, 1.807) is 12.1 Å². The monoisotopic (exact) mass is 471 g/mol. The number of nitrogen functional groups attached to an aromatic ring is 1. The summed E-state index contributed by atoms with van der Waals surface area (Å²) in [5.74, 6) is 7.69. The minimum absolute atomic E-state index is 0.118. The number of hydrogen-bond donors (Lipinski definition) is 2. The Kier molecular flexibility index (Phi) is 7.02. The van der Waals surface area contributed by atoms with Gasteiger partial charge in [-0.05, 0) is 47.9 Å². The summed E-state index contributed by atoms with van der Waals surface area (Å²) in [5.41, 5.74) is 1.59. The summed E-state index contributed by atoms with van der Waals surface area (Å²) in [4.78, 5) is 12.7. The van der Waals surface area contributed by atoms with E-state index in [0.29, 0.717) is 35.5 Å². The van der Waals surface area contributed by atoms with Crippen molar-refractivity contribution in [2.75, 3.05) is 24.8 Å². The number of nitrogens with two attached hydrogens (primary N) is 1. The lowest BCUT2D eigenvalue weighted by atomic mass is 9.95. The summed E-state index contributed by atoms with van der Waals surface area (Å²) in [5, 5.41) is 11.6. The van der Waals surface area contributed by atoms with Crippen molar-refractivity contribution in [1.29, 1.82) is 0 Å². The van der Waals surface area contributed by atoms with Crippen LogP contribution in [0.3, 0.4) is 0 Å². The van der Waals surface area contributed by atoms with Crippen LogP contribution in [0.5, 0.6) is 11.5 Å². The summed E-state index contributed by atoms with van der Waals surface area (Å²) in [6.45, 7) is 5.33. The Hall–Kier alpha value is -3.27. The fourth-order valence-electron chi connectivity index (χ4n) is 3.52. The maximum atomic E-state index is 13.2. The first-order valence-corrected chi connectivity index (χ1v) is 11.7. The number of thioether (sulfide) groups is 1. The molecule has 10 heteroatoms. The van der Waals surface area contributed by atoms with Gasteiger partial charge in [-0.15, -0.1) is 10.2 Å². The highest BCUT2D eigenvalue weighted by molar-refractivity contribution is 7.99. The highest BCUT2D eigenvalue weighted by Crippen LogP contribution is 2.34. The molecular formula is C23H26FN5O3S. The summed E-state index contributed by atoms with van der Waals surface area (Å²) >= 11 is 1.18. The molecule has 3 N–H and O–H groups in total. The zero-order valence-corrected chi connectivity index (χ0v) is 19.3. The van der Waals surface area contributed by atoms with Gasteiger partial charge in [0.05, 0.1) is 25.0 Å². The van der Waals surface area contributed by atoms with Crippen molar-refractivity contribution in [3.8, 4) is 22.9 Å². The molecule has 1 aliphatic heterocycles. The minimum Gasteiger partial charge on any atom is -0.490 e. The topological polar surface area (TPSA) is 104 Å². The van der Waals surface area contributed by atoms with Crippen LogP contribution in [-0.2, 0) is 4.79 Å². The van der Waals surface area contributed by atoms with Gasteiger partial charge in [-0.1, -0.05) is 31.7 Å². The zero-order chi connectivity index (χ0) is 23.4. The molecular weight excluding hydrogens is 445 g/mol. The van der Waals surface area contributed by atoms with Crippen LogP contribution in [-0.4, -0.2) is 39.7 Å². The lowest BCUT2D eigenvalue weighted by Crippen LogP contribution is -2.33. The number of amides is 1. The van der Waals surface area contributed by atoms with Gasteiger partial charge in [0.25, 0.3) is 0 Å². The Balaban J connectivity index is 1.41. The van der Waals surface area contributed by atoms with Crippen molar-refractivity contribution in [2.24, 2.45) is 5.92 Å². The van der Waals surface area contributed by atoms with Gasteiger partial charge in [0.15, 0.2) is 17.3 Å². The van der Waals surface area contributed by atoms with Crippen molar-refractivity contribution in [3.05, 3.63) is 53.8 Å². The van der Waals surface area contributed by atoms with Crippen LogP contribution >= 0.6 is 11.8 Å². The molecule has 0 saturated carbocycles. The fourth-order valence-corrected chi connectivity index (χ4v) is 4.19. The SMILES string of the molecule is CC(C)C(NC(=O)CSc1nnc(-c2ccc(F)cc2)n1N)c1ccc2c(c1)OCCCO2. The number of nitrogens with zero attached hydrogens (tertiary/aromatic N) is 3. The van der Waals surface area contributed by atoms with Gasteiger partial charge in [0.2, 0.25) is 11.1 Å². The molecule has 0 bridgehead atoms. The summed E-state index contributed by atoms with van der Waals surface area (Å²) in [6, 6.07) is 11.4. The molecule has 3 aromatic rings. The highest BCUT2D eigenvalue weighted by atomic mass is 32.2. The van der Waals surface area contributed by atoms with Crippen molar-refractivity contribution in [3.63, 3.8) is 0 Å². The molecule has 174 valence electrons. The molecule has 2 heterocycles. The molecule has 33 heavy (non-hydrogen) atoms. The molecule has 1 aromatic heterocycles. The molecule has 4 rings (SSSR count). The lowest BCUT2D eigenvalue weighted by Gasteiger charge is -2.23. The van der Waals surface area contributed by atoms with E-state index in [1.807, 2.05) is 32.0 Å². The summed E-state index contributed by atoms with van der Waals surface area (Å²) in [7, 11) is 0. The maximum absolute atomic E-state index is 13.2. The second kappa shape index (κ2) is 10.1. The van der Waals surface area contributed by atoms with Crippen molar-refractivity contribution in [2.45, 2.75) is 31.5 Å². The van der Waals surface area contributed by atoms with Crippen molar-refractivity contribution >= 4 is 17.7 Å². The van der Waals surface area contributed by atoms with Gasteiger partial charge in [-0.2, -0.15) is 0 Å². The molecule has 0 fully saturated rings. The largest absolute Gasteiger partial charge is 0.490 e. The second-order valence-corrected chi connectivity index (χ2v) is 8.96. The Morgan fingerprint density at radius 3 is 2.61 bits per heavy atom. The third-order valence-corrected chi connectivity index (χ3v) is 6.16. The Morgan fingerprint density at radius 1 is 1.15 bits per heavy atom. The van der Waals surface area contributed by atoms with E-state index in [0.717, 1.165) is 17.7 Å². The average molecular weight is 472 g/mol. The normalized spacial score (nSPS) is 14.1. The number of carbonyl (C=O) groups is 1. The smallest absolute Gasteiger partial charge is 0.230 e. The number of rotatable bonds is 7. The van der Waals surface area contributed by atoms with Gasteiger partial charge in [-0.25, -0.2) is 9.07 Å². The van der Waals surface area contributed by atoms with Crippen molar-refractivity contribution < 1.29 is 18.7 Å². The van der Waals surface area contributed by atoms with Gasteiger partial charge < -0.3 is 20.6 Å². The Bertz CT molecular complexity index is 1120.